The summed E-state index contributed by atoms with van der Waals surface area (Å²) in [4.78, 5) is 4.44. The number of para-hydroxylation sites is 1. The minimum atomic E-state index is -0.131. The van der Waals surface area contributed by atoms with Crippen LogP contribution >= 0.6 is 0 Å². The lowest BCUT2D eigenvalue weighted by atomic mass is 10.2. The zero-order valence-electron chi connectivity index (χ0n) is 10.3. The van der Waals surface area contributed by atoms with Gasteiger partial charge < -0.3 is 10.6 Å². The molecule has 0 amide bonds. The van der Waals surface area contributed by atoms with Crippen LogP contribution in [0.2, 0.25) is 0 Å². The highest BCUT2D eigenvalue weighted by molar-refractivity contribution is 5.47. The summed E-state index contributed by atoms with van der Waals surface area (Å²) in [6.07, 6.45) is 0. The average molecular weight is 237 g/mol. The number of hydrogen-bond donors (Lipinski definition) is 1. The predicted octanol–water partition coefficient (Wildman–Crippen LogP) is 1.29. The summed E-state index contributed by atoms with van der Waals surface area (Å²) in [6, 6.07) is 7.17. The van der Waals surface area contributed by atoms with Crippen LogP contribution in [0.25, 0.3) is 0 Å². The zero-order valence-corrected chi connectivity index (χ0v) is 10.3. The van der Waals surface area contributed by atoms with Crippen molar-refractivity contribution >= 4 is 5.69 Å². The Morgan fingerprint density at radius 2 is 1.88 bits per heavy atom. The summed E-state index contributed by atoms with van der Waals surface area (Å²) in [5.41, 5.74) is 6.49. The SMILES string of the molecule is CC(N)CN1CCN(c2ccccc2F)CC1. The molecule has 2 rings (SSSR count). The molecule has 17 heavy (non-hydrogen) atoms. The molecule has 1 fully saturated rings. The zero-order chi connectivity index (χ0) is 12.3. The number of rotatable bonds is 3. The van der Waals surface area contributed by atoms with Crippen molar-refractivity contribution in [3.8, 4) is 0 Å². The first kappa shape index (κ1) is 12.3. The second-order valence-electron chi connectivity index (χ2n) is 4.72. The van der Waals surface area contributed by atoms with Crippen LogP contribution in [0.1, 0.15) is 6.92 Å². The summed E-state index contributed by atoms with van der Waals surface area (Å²) in [7, 11) is 0. The highest BCUT2D eigenvalue weighted by atomic mass is 19.1. The van der Waals surface area contributed by atoms with Gasteiger partial charge in [-0.1, -0.05) is 12.1 Å². The van der Waals surface area contributed by atoms with Gasteiger partial charge in [-0.15, -0.1) is 0 Å². The van der Waals surface area contributed by atoms with Gasteiger partial charge in [0.1, 0.15) is 5.82 Å². The van der Waals surface area contributed by atoms with Gasteiger partial charge >= 0.3 is 0 Å². The first-order valence-corrected chi connectivity index (χ1v) is 6.14. The van der Waals surface area contributed by atoms with Crippen LogP contribution in [0.15, 0.2) is 24.3 Å². The van der Waals surface area contributed by atoms with Gasteiger partial charge in [0.05, 0.1) is 5.69 Å². The number of anilines is 1. The van der Waals surface area contributed by atoms with Gasteiger partial charge in [0.15, 0.2) is 0 Å². The lowest BCUT2D eigenvalue weighted by Crippen LogP contribution is -2.49. The quantitative estimate of drug-likeness (QED) is 0.860. The van der Waals surface area contributed by atoms with Crippen molar-refractivity contribution in [1.29, 1.82) is 0 Å². The second kappa shape index (κ2) is 5.47. The average Bonchev–Trinajstić information content (AvgIpc) is 2.30. The van der Waals surface area contributed by atoms with Crippen LogP contribution < -0.4 is 10.6 Å². The highest BCUT2D eigenvalue weighted by Crippen LogP contribution is 2.19. The molecule has 1 unspecified atom stereocenters. The summed E-state index contributed by atoms with van der Waals surface area (Å²) in [5, 5.41) is 0. The maximum Gasteiger partial charge on any atom is 0.146 e. The Labute approximate surface area is 102 Å². The lowest BCUT2D eigenvalue weighted by Gasteiger charge is -2.36. The predicted molar refractivity (Wildman–Crippen MR) is 68.7 cm³/mol. The summed E-state index contributed by atoms with van der Waals surface area (Å²) in [6.45, 7) is 6.58. The maximum absolute atomic E-state index is 13.6. The third kappa shape index (κ3) is 3.17. The van der Waals surface area contributed by atoms with E-state index in [1.165, 1.54) is 6.07 Å². The third-order valence-corrected chi connectivity index (χ3v) is 3.11. The molecule has 0 saturated carbocycles. The van der Waals surface area contributed by atoms with Gasteiger partial charge in [0.2, 0.25) is 0 Å². The number of piperazine rings is 1. The largest absolute Gasteiger partial charge is 0.367 e. The van der Waals surface area contributed by atoms with Crippen LogP contribution in [-0.2, 0) is 0 Å². The number of halogens is 1. The van der Waals surface area contributed by atoms with Gasteiger partial charge in [-0.2, -0.15) is 0 Å². The van der Waals surface area contributed by atoms with Crippen molar-refractivity contribution in [2.75, 3.05) is 37.6 Å². The molecule has 3 nitrogen and oxygen atoms in total. The van der Waals surface area contributed by atoms with Crippen LogP contribution in [-0.4, -0.2) is 43.7 Å². The van der Waals surface area contributed by atoms with Crippen LogP contribution in [0.3, 0.4) is 0 Å². The van der Waals surface area contributed by atoms with Gasteiger partial charge in [0.25, 0.3) is 0 Å². The van der Waals surface area contributed by atoms with E-state index in [0.717, 1.165) is 32.7 Å². The Morgan fingerprint density at radius 1 is 1.24 bits per heavy atom. The molecule has 1 atom stereocenters. The molecule has 0 radical (unpaired) electrons. The maximum atomic E-state index is 13.6. The van der Waals surface area contributed by atoms with Gasteiger partial charge in [-0.25, -0.2) is 4.39 Å². The van der Waals surface area contributed by atoms with Gasteiger partial charge in [0, 0.05) is 38.8 Å². The van der Waals surface area contributed by atoms with E-state index < -0.39 is 0 Å². The molecule has 0 bridgehead atoms. The van der Waals surface area contributed by atoms with Crippen LogP contribution in [0.4, 0.5) is 10.1 Å². The molecule has 0 aliphatic carbocycles. The standard InChI is InChI=1S/C13H20FN3/c1-11(15)10-16-6-8-17(9-7-16)13-5-3-2-4-12(13)14/h2-5,11H,6-10,15H2,1H3. The molecular weight excluding hydrogens is 217 g/mol. The number of nitrogens with two attached hydrogens (primary N) is 1. The Kier molecular flexibility index (Phi) is 3.97. The molecule has 1 aromatic rings. The van der Waals surface area contributed by atoms with Crippen molar-refractivity contribution in [3.05, 3.63) is 30.1 Å². The molecule has 1 heterocycles. The second-order valence-corrected chi connectivity index (χ2v) is 4.72. The first-order chi connectivity index (χ1) is 8.16. The highest BCUT2D eigenvalue weighted by Gasteiger charge is 2.19. The Balaban J connectivity index is 1.93. The minimum Gasteiger partial charge on any atom is -0.367 e. The molecule has 0 spiro atoms. The lowest BCUT2D eigenvalue weighted by molar-refractivity contribution is 0.246. The molecule has 2 N–H and O–H groups in total. The van der Waals surface area contributed by atoms with E-state index in [1.54, 1.807) is 6.07 Å². The Morgan fingerprint density at radius 3 is 2.47 bits per heavy atom. The summed E-state index contributed by atoms with van der Waals surface area (Å²) < 4.78 is 13.6. The summed E-state index contributed by atoms with van der Waals surface area (Å²) >= 11 is 0. The number of nitrogens with zero attached hydrogens (tertiary/aromatic N) is 2. The van der Waals surface area contributed by atoms with E-state index in [-0.39, 0.29) is 11.9 Å². The first-order valence-electron chi connectivity index (χ1n) is 6.14. The number of hydrogen-bond acceptors (Lipinski definition) is 3. The van der Waals surface area contributed by atoms with Crippen LogP contribution in [0.5, 0.6) is 0 Å². The fraction of sp³-hybridized carbons (Fsp3) is 0.538. The van der Waals surface area contributed by atoms with E-state index in [9.17, 15) is 4.39 Å². The Hall–Kier alpha value is -1.13. The van der Waals surface area contributed by atoms with Crippen LogP contribution in [0, 0.1) is 5.82 Å². The fourth-order valence-corrected chi connectivity index (χ4v) is 2.29. The normalized spacial score (nSPS) is 19.4. The van der Waals surface area contributed by atoms with Crippen molar-refractivity contribution in [1.82, 2.24) is 4.90 Å². The van der Waals surface area contributed by atoms with Crippen molar-refractivity contribution in [2.45, 2.75) is 13.0 Å². The smallest absolute Gasteiger partial charge is 0.146 e. The molecule has 94 valence electrons. The molecule has 1 aliphatic heterocycles. The molecule has 4 heteroatoms. The van der Waals surface area contributed by atoms with E-state index in [1.807, 2.05) is 19.1 Å². The topological polar surface area (TPSA) is 32.5 Å². The minimum absolute atomic E-state index is 0.131. The van der Waals surface area contributed by atoms with Crippen molar-refractivity contribution in [2.24, 2.45) is 5.73 Å². The fourth-order valence-electron chi connectivity index (χ4n) is 2.29. The van der Waals surface area contributed by atoms with E-state index in [0.29, 0.717) is 5.69 Å². The third-order valence-electron chi connectivity index (χ3n) is 3.11. The molecule has 0 aromatic heterocycles. The monoisotopic (exact) mass is 237 g/mol. The Bertz CT molecular complexity index is 359. The molecular formula is C13H20FN3. The van der Waals surface area contributed by atoms with E-state index in [4.69, 9.17) is 5.73 Å². The van der Waals surface area contributed by atoms with Gasteiger partial charge in [-0.05, 0) is 19.1 Å². The van der Waals surface area contributed by atoms with Crippen molar-refractivity contribution in [3.63, 3.8) is 0 Å². The van der Waals surface area contributed by atoms with E-state index >= 15 is 0 Å². The molecule has 1 aromatic carbocycles. The molecule has 1 aliphatic rings. The number of benzene rings is 1. The van der Waals surface area contributed by atoms with Crippen molar-refractivity contribution < 1.29 is 4.39 Å². The summed E-state index contributed by atoms with van der Waals surface area (Å²) in [5.74, 6) is -0.131. The molecule has 1 saturated heterocycles. The van der Waals surface area contributed by atoms with E-state index in [2.05, 4.69) is 9.80 Å². The van der Waals surface area contributed by atoms with Gasteiger partial charge in [-0.3, -0.25) is 4.90 Å².